The molecule has 2 aromatic rings. The molecule has 1 heterocycles. The molecule has 0 saturated heterocycles. The Hall–Kier alpha value is -0.920. The zero-order valence-corrected chi connectivity index (χ0v) is 13.7. The number of hydrogen-bond donors (Lipinski definition) is 1. The summed E-state index contributed by atoms with van der Waals surface area (Å²) < 4.78 is 29.1. The number of fused-ring (bicyclic) bond motifs is 1. The fourth-order valence-corrected chi connectivity index (χ4v) is 1.87. The molecule has 0 atom stereocenters. The van der Waals surface area contributed by atoms with Crippen LogP contribution in [-0.4, -0.2) is 28.8 Å². The van der Waals surface area contributed by atoms with Gasteiger partial charge in [-0.3, -0.25) is 4.55 Å². The summed E-state index contributed by atoms with van der Waals surface area (Å²) in [6.45, 7) is 6.53. The third-order valence-corrected chi connectivity index (χ3v) is 2.73. The van der Waals surface area contributed by atoms with Crippen LogP contribution in [0.5, 0.6) is 0 Å². The van der Waals surface area contributed by atoms with E-state index in [0.717, 1.165) is 9.99 Å². The van der Waals surface area contributed by atoms with E-state index >= 15 is 0 Å². The maximum Gasteiger partial charge on any atom is 0.261 e. The maximum absolute atomic E-state index is 9.19. The van der Waals surface area contributed by atoms with Gasteiger partial charge in [-0.15, -0.1) is 0 Å². The van der Waals surface area contributed by atoms with Gasteiger partial charge in [-0.2, -0.15) is 8.42 Å². The van der Waals surface area contributed by atoms with Gasteiger partial charge in [-0.1, -0.05) is 15.9 Å². The highest BCUT2D eigenvalue weighted by atomic mass is 79.9. The van der Waals surface area contributed by atoms with E-state index in [2.05, 4.69) is 52.3 Å². The van der Waals surface area contributed by atoms with Crippen molar-refractivity contribution in [2.45, 2.75) is 26.3 Å². The van der Waals surface area contributed by atoms with Crippen molar-refractivity contribution in [3.05, 3.63) is 29.0 Å². The van der Waals surface area contributed by atoms with E-state index in [1.54, 1.807) is 0 Å². The lowest BCUT2D eigenvalue weighted by Gasteiger charge is -2.21. The molecule has 7 heteroatoms. The van der Waals surface area contributed by atoms with Crippen molar-refractivity contribution >= 4 is 37.1 Å². The molecule has 1 aromatic carbocycles. The zero-order valence-electron chi connectivity index (χ0n) is 11.3. The van der Waals surface area contributed by atoms with Crippen molar-refractivity contribution in [2.24, 2.45) is 0 Å². The van der Waals surface area contributed by atoms with Crippen molar-refractivity contribution in [1.29, 1.82) is 0 Å². The van der Waals surface area contributed by atoms with Gasteiger partial charge < -0.3 is 4.57 Å². The van der Waals surface area contributed by atoms with Gasteiger partial charge in [-0.25, -0.2) is 4.98 Å². The molecule has 0 unspecified atom stereocenters. The van der Waals surface area contributed by atoms with Crippen LogP contribution >= 0.6 is 15.9 Å². The van der Waals surface area contributed by atoms with Gasteiger partial charge in [0, 0.05) is 10.0 Å². The summed E-state index contributed by atoms with van der Waals surface area (Å²) in [4.78, 5) is 4.38. The van der Waals surface area contributed by atoms with Gasteiger partial charge >= 0.3 is 0 Å². The molecule has 0 spiro atoms. The molecule has 2 rings (SSSR count). The summed E-state index contributed by atoms with van der Waals surface area (Å²) in [7, 11) is -3.67. The number of rotatable bonds is 0. The highest BCUT2D eigenvalue weighted by Gasteiger charge is 2.15. The maximum atomic E-state index is 9.19. The van der Waals surface area contributed by atoms with Crippen molar-refractivity contribution in [3.63, 3.8) is 0 Å². The molecule has 0 fully saturated rings. The number of benzene rings is 1. The second-order valence-electron chi connectivity index (χ2n) is 5.15. The second kappa shape index (κ2) is 5.60. The summed E-state index contributed by atoms with van der Waals surface area (Å²) >= 11 is 3.44. The Morgan fingerprint density at radius 3 is 2.32 bits per heavy atom. The standard InChI is InChI=1S/C11H13BrN2.CH4O3S/c1-11(2,3)14-7-13-9-6-8(12)4-5-10(9)14;1-5(2,3)4/h4-7H,1-3H3;1H3,(H,2,3,4). The molecule has 0 saturated carbocycles. The van der Waals surface area contributed by atoms with E-state index in [0.29, 0.717) is 6.26 Å². The van der Waals surface area contributed by atoms with Gasteiger partial charge in [0.15, 0.2) is 0 Å². The molecule has 0 aliphatic rings. The summed E-state index contributed by atoms with van der Waals surface area (Å²) in [5.41, 5.74) is 2.30. The monoisotopic (exact) mass is 348 g/mol. The lowest BCUT2D eigenvalue weighted by molar-refractivity contribution is 0.408. The predicted octanol–water partition coefficient (Wildman–Crippen LogP) is 3.06. The highest BCUT2D eigenvalue weighted by Crippen LogP contribution is 2.24. The van der Waals surface area contributed by atoms with E-state index in [1.165, 1.54) is 5.52 Å². The zero-order chi connectivity index (χ0) is 14.8. The van der Waals surface area contributed by atoms with E-state index in [1.807, 2.05) is 18.5 Å². The number of nitrogens with zero attached hydrogens (tertiary/aromatic N) is 2. The van der Waals surface area contributed by atoms with Gasteiger partial charge in [0.1, 0.15) is 0 Å². The minimum absolute atomic E-state index is 0.0859. The third-order valence-electron chi connectivity index (χ3n) is 2.23. The minimum atomic E-state index is -3.67. The van der Waals surface area contributed by atoms with E-state index < -0.39 is 10.1 Å². The first-order valence-electron chi connectivity index (χ1n) is 5.54. The molecular formula is C12H17BrN2O3S. The van der Waals surface area contributed by atoms with Crippen LogP contribution in [0, 0.1) is 0 Å². The third kappa shape index (κ3) is 5.30. The SMILES string of the molecule is CC(C)(C)n1cnc2cc(Br)ccc21.CS(=O)(=O)O. The first kappa shape index (κ1) is 16.1. The van der Waals surface area contributed by atoms with Gasteiger partial charge in [0.25, 0.3) is 10.1 Å². The second-order valence-corrected chi connectivity index (χ2v) is 7.53. The van der Waals surface area contributed by atoms with Crippen molar-refractivity contribution in [2.75, 3.05) is 6.26 Å². The Kier molecular flexibility index (Phi) is 4.76. The fourth-order valence-electron chi connectivity index (χ4n) is 1.52. The van der Waals surface area contributed by atoms with Crippen molar-refractivity contribution in [3.8, 4) is 0 Å². The first-order chi connectivity index (χ1) is 8.48. The molecule has 0 aliphatic carbocycles. The van der Waals surface area contributed by atoms with Crippen molar-refractivity contribution < 1.29 is 13.0 Å². The van der Waals surface area contributed by atoms with E-state index in [-0.39, 0.29) is 5.54 Å². The topological polar surface area (TPSA) is 72.2 Å². The number of aromatic nitrogens is 2. The first-order valence-corrected chi connectivity index (χ1v) is 8.18. The minimum Gasteiger partial charge on any atom is -0.325 e. The molecule has 0 amide bonds. The van der Waals surface area contributed by atoms with Crippen LogP contribution in [0.2, 0.25) is 0 Å². The lowest BCUT2D eigenvalue weighted by atomic mass is 10.1. The summed E-state index contributed by atoms with van der Waals surface area (Å²) in [6, 6.07) is 6.18. The average molecular weight is 349 g/mol. The predicted molar refractivity (Wildman–Crippen MR) is 79.9 cm³/mol. The van der Waals surface area contributed by atoms with Crippen LogP contribution in [0.15, 0.2) is 29.0 Å². The molecule has 106 valence electrons. The van der Waals surface area contributed by atoms with E-state index in [9.17, 15) is 8.42 Å². The summed E-state index contributed by atoms with van der Waals surface area (Å²) in [6.07, 6.45) is 2.62. The number of imidazole rings is 1. The number of halogens is 1. The molecule has 0 aliphatic heterocycles. The summed E-state index contributed by atoms with van der Waals surface area (Å²) in [5, 5.41) is 0. The Morgan fingerprint density at radius 2 is 1.84 bits per heavy atom. The van der Waals surface area contributed by atoms with Crippen LogP contribution in [-0.2, 0) is 15.7 Å². The van der Waals surface area contributed by atoms with Crippen LogP contribution < -0.4 is 0 Å². The smallest absolute Gasteiger partial charge is 0.261 e. The van der Waals surface area contributed by atoms with Crippen LogP contribution in [0.25, 0.3) is 11.0 Å². The van der Waals surface area contributed by atoms with Crippen LogP contribution in [0.1, 0.15) is 20.8 Å². The Balaban J connectivity index is 0.000000312. The van der Waals surface area contributed by atoms with Gasteiger partial charge in [-0.05, 0) is 39.0 Å². The molecule has 5 nitrogen and oxygen atoms in total. The Bertz CT molecular complexity index is 664. The molecule has 1 aromatic heterocycles. The van der Waals surface area contributed by atoms with Gasteiger partial charge in [0.05, 0.1) is 23.6 Å². The van der Waals surface area contributed by atoms with Crippen molar-refractivity contribution in [1.82, 2.24) is 9.55 Å². The molecule has 19 heavy (non-hydrogen) atoms. The molecule has 0 bridgehead atoms. The van der Waals surface area contributed by atoms with E-state index in [4.69, 9.17) is 4.55 Å². The van der Waals surface area contributed by atoms with Crippen LogP contribution in [0.4, 0.5) is 0 Å². The van der Waals surface area contributed by atoms with Gasteiger partial charge in [0.2, 0.25) is 0 Å². The molecular weight excluding hydrogens is 332 g/mol. The Morgan fingerprint density at radius 1 is 1.32 bits per heavy atom. The van der Waals surface area contributed by atoms with Crippen LogP contribution in [0.3, 0.4) is 0 Å². The molecule has 1 N–H and O–H groups in total. The quantitative estimate of drug-likeness (QED) is 0.742. The fraction of sp³-hybridized carbons (Fsp3) is 0.417. The number of hydrogen-bond acceptors (Lipinski definition) is 3. The average Bonchev–Trinajstić information content (AvgIpc) is 2.56. The molecule has 0 radical (unpaired) electrons. The Labute approximate surface area is 121 Å². The normalized spacial score (nSPS) is 12.1. The highest BCUT2D eigenvalue weighted by molar-refractivity contribution is 9.10. The lowest BCUT2D eigenvalue weighted by Crippen LogP contribution is -2.20. The summed E-state index contributed by atoms with van der Waals surface area (Å²) in [5.74, 6) is 0. The largest absolute Gasteiger partial charge is 0.325 e.